The summed E-state index contributed by atoms with van der Waals surface area (Å²) in [5, 5.41) is 0. The van der Waals surface area contributed by atoms with Crippen LogP contribution in [0.2, 0.25) is 0 Å². The Balaban J connectivity index is 1.83. The Kier molecular flexibility index (Phi) is 5.06. The van der Waals surface area contributed by atoms with Crippen LogP contribution in [0.5, 0.6) is 0 Å². The normalized spacial score (nSPS) is 29.5. The highest BCUT2D eigenvalue weighted by Gasteiger charge is 2.35. The van der Waals surface area contributed by atoms with Crippen LogP contribution in [0.1, 0.15) is 71.6 Å². The first-order chi connectivity index (χ1) is 9.50. The van der Waals surface area contributed by atoms with Crippen molar-refractivity contribution >= 4 is 11.9 Å². The van der Waals surface area contributed by atoms with Crippen LogP contribution in [0.4, 0.5) is 0 Å². The highest BCUT2D eigenvalue weighted by molar-refractivity contribution is 6.29. The van der Waals surface area contributed by atoms with Gasteiger partial charge in [-0.05, 0) is 57.8 Å². The highest BCUT2D eigenvalue weighted by atomic mass is 16.6. The van der Waals surface area contributed by atoms with Crippen molar-refractivity contribution in [3.05, 3.63) is 0 Å². The minimum absolute atomic E-state index is 0.122. The second-order valence-corrected chi connectivity index (χ2v) is 6.61. The van der Waals surface area contributed by atoms with Gasteiger partial charge in [0.2, 0.25) is 0 Å². The summed E-state index contributed by atoms with van der Waals surface area (Å²) < 4.78 is 10.7. The van der Waals surface area contributed by atoms with Crippen LogP contribution in [-0.2, 0) is 19.1 Å². The van der Waals surface area contributed by atoms with E-state index in [1.807, 2.05) is 6.92 Å². The largest absolute Gasteiger partial charge is 0.454 e. The second kappa shape index (κ2) is 6.59. The molecule has 4 heteroatoms. The zero-order chi connectivity index (χ0) is 14.6. The molecule has 4 nitrogen and oxygen atoms in total. The summed E-state index contributed by atoms with van der Waals surface area (Å²) in [6.45, 7) is 3.99. The van der Waals surface area contributed by atoms with Gasteiger partial charge in [-0.3, -0.25) is 0 Å². The molecule has 0 aromatic carbocycles. The average Bonchev–Trinajstić information content (AvgIpc) is 2.41. The molecular weight excluding hydrogens is 256 g/mol. The van der Waals surface area contributed by atoms with Crippen LogP contribution in [0.15, 0.2) is 0 Å². The SMILES string of the molecule is CC1CCCCC1OC(=O)C(=O)OC1(C)CCCCC1. The Morgan fingerprint density at radius 1 is 0.950 bits per heavy atom. The molecule has 0 heterocycles. The molecule has 0 bridgehead atoms. The van der Waals surface area contributed by atoms with E-state index in [9.17, 15) is 9.59 Å². The van der Waals surface area contributed by atoms with Crippen LogP contribution in [-0.4, -0.2) is 23.6 Å². The first-order valence-corrected chi connectivity index (χ1v) is 7.94. The number of ether oxygens (including phenoxy) is 2. The Morgan fingerprint density at radius 2 is 1.60 bits per heavy atom. The zero-order valence-electron chi connectivity index (χ0n) is 12.7. The van der Waals surface area contributed by atoms with Gasteiger partial charge in [0.15, 0.2) is 0 Å². The number of esters is 2. The van der Waals surface area contributed by atoms with E-state index < -0.39 is 17.5 Å². The number of hydrogen-bond donors (Lipinski definition) is 0. The van der Waals surface area contributed by atoms with Gasteiger partial charge < -0.3 is 9.47 Å². The number of carbonyl (C=O) groups is 2. The van der Waals surface area contributed by atoms with Crippen LogP contribution >= 0.6 is 0 Å². The Morgan fingerprint density at radius 3 is 2.25 bits per heavy atom. The molecule has 0 amide bonds. The van der Waals surface area contributed by atoms with E-state index in [1.165, 1.54) is 12.8 Å². The summed E-state index contributed by atoms with van der Waals surface area (Å²) >= 11 is 0. The number of carbonyl (C=O) groups excluding carboxylic acids is 2. The minimum Gasteiger partial charge on any atom is -0.454 e. The fraction of sp³-hybridized carbons (Fsp3) is 0.875. The molecular formula is C16H26O4. The van der Waals surface area contributed by atoms with Crippen molar-refractivity contribution in [2.45, 2.75) is 83.3 Å². The highest BCUT2D eigenvalue weighted by Crippen LogP contribution is 2.31. The molecule has 0 spiro atoms. The van der Waals surface area contributed by atoms with Gasteiger partial charge >= 0.3 is 11.9 Å². The number of hydrogen-bond acceptors (Lipinski definition) is 4. The molecule has 0 aromatic rings. The van der Waals surface area contributed by atoms with Gasteiger partial charge in [0.1, 0.15) is 11.7 Å². The van der Waals surface area contributed by atoms with Crippen molar-refractivity contribution in [1.82, 2.24) is 0 Å². The van der Waals surface area contributed by atoms with Crippen molar-refractivity contribution in [3.63, 3.8) is 0 Å². The maximum absolute atomic E-state index is 11.9. The Hall–Kier alpha value is -1.06. The summed E-state index contributed by atoms with van der Waals surface area (Å²) in [5.41, 5.74) is -0.480. The minimum atomic E-state index is -0.813. The first-order valence-electron chi connectivity index (χ1n) is 7.94. The van der Waals surface area contributed by atoms with Gasteiger partial charge in [-0.25, -0.2) is 9.59 Å². The standard InChI is InChI=1S/C16H26O4/c1-12-8-4-5-9-13(12)19-14(17)15(18)20-16(2)10-6-3-7-11-16/h12-13H,3-11H2,1-2H3. The molecule has 20 heavy (non-hydrogen) atoms. The summed E-state index contributed by atoms with van der Waals surface area (Å²) in [6, 6.07) is 0. The second-order valence-electron chi connectivity index (χ2n) is 6.61. The fourth-order valence-corrected chi connectivity index (χ4v) is 3.31. The smallest absolute Gasteiger partial charge is 0.418 e. The topological polar surface area (TPSA) is 52.6 Å². The lowest BCUT2D eigenvalue weighted by atomic mass is 9.86. The van der Waals surface area contributed by atoms with Crippen molar-refractivity contribution in [2.24, 2.45) is 5.92 Å². The lowest BCUT2D eigenvalue weighted by molar-refractivity contribution is -0.183. The van der Waals surface area contributed by atoms with Crippen molar-refractivity contribution in [1.29, 1.82) is 0 Å². The molecule has 0 radical (unpaired) electrons. The third-order valence-corrected chi connectivity index (χ3v) is 4.71. The van der Waals surface area contributed by atoms with E-state index in [0.29, 0.717) is 5.92 Å². The van der Waals surface area contributed by atoms with Crippen molar-refractivity contribution in [2.75, 3.05) is 0 Å². The molecule has 2 aliphatic carbocycles. The zero-order valence-corrected chi connectivity index (χ0v) is 12.7. The molecule has 2 unspecified atom stereocenters. The molecule has 114 valence electrons. The molecule has 0 aromatic heterocycles. The van der Waals surface area contributed by atoms with E-state index in [4.69, 9.17) is 9.47 Å². The van der Waals surface area contributed by atoms with E-state index in [2.05, 4.69) is 6.92 Å². The molecule has 2 fully saturated rings. The van der Waals surface area contributed by atoms with Gasteiger partial charge in [-0.2, -0.15) is 0 Å². The van der Waals surface area contributed by atoms with E-state index >= 15 is 0 Å². The van der Waals surface area contributed by atoms with Crippen LogP contribution in [0.25, 0.3) is 0 Å². The first kappa shape index (κ1) is 15.3. The molecule has 0 N–H and O–H groups in total. The summed E-state index contributed by atoms with van der Waals surface area (Å²) in [5.74, 6) is -1.28. The predicted octanol–water partition coefficient (Wildman–Crippen LogP) is 3.37. The third-order valence-electron chi connectivity index (χ3n) is 4.71. The lowest BCUT2D eigenvalue weighted by Crippen LogP contribution is -2.39. The quantitative estimate of drug-likeness (QED) is 0.575. The third kappa shape index (κ3) is 3.97. The molecule has 0 aliphatic heterocycles. The number of rotatable bonds is 2. The predicted molar refractivity (Wildman–Crippen MR) is 75.1 cm³/mol. The van der Waals surface area contributed by atoms with Crippen molar-refractivity contribution in [3.8, 4) is 0 Å². The van der Waals surface area contributed by atoms with Gasteiger partial charge in [-0.1, -0.05) is 19.8 Å². The van der Waals surface area contributed by atoms with Gasteiger partial charge in [0.25, 0.3) is 0 Å². The Bertz CT molecular complexity index is 357. The summed E-state index contributed by atoms with van der Waals surface area (Å²) in [6.07, 6.45) is 9.00. The average molecular weight is 282 g/mol. The van der Waals surface area contributed by atoms with Gasteiger partial charge in [-0.15, -0.1) is 0 Å². The molecule has 0 saturated heterocycles. The van der Waals surface area contributed by atoms with Crippen LogP contribution in [0.3, 0.4) is 0 Å². The summed E-state index contributed by atoms with van der Waals surface area (Å²) in [7, 11) is 0. The van der Waals surface area contributed by atoms with E-state index in [-0.39, 0.29) is 6.10 Å². The lowest BCUT2D eigenvalue weighted by Gasteiger charge is -2.33. The van der Waals surface area contributed by atoms with Crippen molar-refractivity contribution < 1.29 is 19.1 Å². The molecule has 2 rings (SSSR count). The molecule has 2 aliphatic rings. The Labute approximate surface area is 121 Å². The van der Waals surface area contributed by atoms with Gasteiger partial charge in [0, 0.05) is 0 Å². The maximum atomic E-state index is 11.9. The molecule has 2 saturated carbocycles. The van der Waals surface area contributed by atoms with Gasteiger partial charge in [0.05, 0.1) is 0 Å². The molecule has 2 atom stereocenters. The van der Waals surface area contributed by atoms with E-state index in [0.717, 1.165) is 44.9 Å². The van der Waals surface area contributed by atoms with Crippen LogP contribution < -0.4 is 0 Å². The van der Waals surface area contributed by atoms with E-state index in [1.54, 1.807) is 0 Å². The fourth-order valence-electron chi connectivity index (χ4n) is 3.31. The monoisotopic (exact) mass is 282 g/mol. The maximum Gasteiger partial charge on any atom is 0.418 e. The van der Waals surface area contributed by atoms with Crippen LogP contribution in [0, 0.1) is 5.92 Å². The summed E-state index contributed by atoms with van der Waals surface area (Å²) in [4.78, 5) is 23.8.